The Kier molecular flexibility index (Phi) is 5.99. The van der Waals surface area contributed by atoms with Gasteiger partial charge in [-0.15, -0.1) is 0 Å². The highest BCUT2D eigenvalue weighted by molar-refractivity contribution is 5.76. The van der Waals surface area contributed by atoms with Crippen LogP contribution in [0.1, 0.15) is 40.5 Å². The van der Waals surface area contributed by atoms with E-state index in [0.29, 0.717) is 25.4 Å². The van der Waals surface area contributed by atoms with Crippen molar-refractivity contribution in [1.82, 2.24) is 9.80 Å². The van der Waals surface area contributed by atoms with E-state index in [1.807, 2.05) is 9.80 Å². The normalized spacial score (nSPS) is 19.5. The average Bonchev–Trinajstić information content (AvgIpc) is 2.52. The van der Waals surface area contributed by atoms with Gasteiger partial charge in [0.25, 0.3) is 0 Å². The second-order valence-corrected chi connectivity index (χ2v) is 6.88. The zero-order valence-corrected chi connectivity index (χ0v) is 13.2. The first-order valence-corrected chi connectivity index (χ1v) is 7.42. The van der Waals surface area contributed by atoms with E-state index < -0.39 is 5.97 Å². The molecular formula is C15H28N2O3. The first-order valence-electron chi connectivity index (χ1n) is 7.42. The van der Waals surface area contributed by atoms with Crippen LogP contribution in [0.2, 0.25) is 0 Å². The lowest BCUT2D eigenvalue weighted by Gasteiger charge is -2.29. The Bertz CT molecular complexity index is 350. The molecule has 0 aromatic carbocycles. The maximum atomic E-state index is 12.3. The summed E-state index contributed by atoms with van der Waals surface area (Å²) in [5.74, 6) is -0.260. The lowest BCUT2D eigenvalue weighted by Crippen LogP contribution is -2.38. The van der Waals surface area contributed by atoms with Gasteiger partial charge in [0.1, 0.15) is 0 Å². The Hall–Kier alpha value is -1.10. The van der Waals surface area contributed by atoms with Crippen LogP contribution in [0.4, 0.5) is 0 Å². The van der Waals surface area contributed by atoms with E-state index in [4.69, 9.17) is 5.11 Å². The van der Waals surface area contributed by atoms with Crippen molar-refractivity contribution in [2.24, 2.45) is 11.3 Å². The molecule has 1 aliphatic heterocycles. The average molecular weight is 284 g/mol. The Morgan fingerprint density at radius 2 is 1.80 bits per heavy atom. The monoisotopic (exact) mass is 284 g/mol. The molecule has 1 saturated heterocycles. The van der Waals surface area contributed by atoms with Crippen molar-refractivity contribution in [2.45, 2.75) is 40.5 Å². The van der Waals surface area contributed by atoms with Gasteiger partial charge in [0.05, 0.1) is 6.54 Å². The van der Waals surface area contributed by atoms with E-state index in [0.717, 1.165) is 19.5 Å². The highest BCUT2D eigenvalue weighted by atomic mass is 16.4. The van der Waals surface area contributed by atoms with Crippen LogP contribution in [0.15, 0.2) is 0 Å². The summed E-state index contributed by atoms with van der Waals surface area (Å²) in [5.41, 5.74) is 0.136. The standard InChI is InChI=1S/C15H28N2O3/c1-12(15(2,3)4)10-13(18)17-7-5-6-16(8-9-17)11-14(19)20/h12H,5-11H2,1-4H3,(H,19,20). The summed E-state index contributed by atoms with van der Waals surface area (Å²) >= 11 is 0. The number of hydrogen-bond acceptors (Lipinski definition) is 3. The van der Waals surface area contributed by atoms with Crippen LogP contribution < -0.4 is 0 Å². The molecule has 1 heterocycles. The van der Waals surface area contributed by atoms with Crippen LogP contribution in [0, 0.1) is 11.3 Å². The van der Waals surface area contributed by atoms with Crippen LogP contribution in [-0.2, 0) is 9.59 Å². The molecule has 1 aliphatic rings. The molecule has 0 saturated carbocycles. The molecule has 1 unspecified atom stereocenters. The highest BCUT2D eigenvalue weighted by Gasteiger charge is 2.26. The molecule has 1 rings (SSSR count). The van der Waals surface area contributed by atoms with Crippen molar-refractivity contribution in [3.05, 3.63) is 0 Å². The first-order chi connectivity index (χ1) is 9.20. The van der Waals surface area contributed by atoms with Crippen molar-refractivity contribution < 1.29 is 14.7 Å². The van der Waals surface area contributed by atoms with Crippen LogP contribution in [-0.4, -0.2) is 59.5 Å². The minimum Gasteiger partial charge on any atom is -0.480 e. The number of nitrogens with zero attached hydrogens (tertiary/aromatic N) is 2. The van der Waals surface area contributed by atoms with Crippen molar-refractivity contribution in [2.75, 3.05) is 32.7 Å². The Labute approximate surface area is 121 Å². The predicted molar refractivity (Wildman–Crippen MR) is 78.5 cm³/mol. The third-order valence-corrected chi connectivity index (χ3v) is 4.26. The number of rotatable bonds is 4. The lowest BCUT2D eigenvalue weighted by atomic mass is 9.80. The van der Waals surface area contributed by atoms with Gasteiger partial charge in [-0.2, -0.15) is 0 Å². The molecule has 1 amide bonds. The smallest absolute Gasteiger partial charge is 0.317 e. The summed E-state index contributed by atoms with van der Waals surface area (Å²) in [6.45, 7) is 11.4. The molecule has 0 aromatic heterocycles. The molecule has 5 heteroatoms. The van der Waals surface area contributed by atoms with E-state index in [1.54, 1.807) is 0 Å². The molecule has 0 bridgehead atoms. The fourth-order valence-corrected chi connectivity index (χ4v) is 2.27. The number of carbonyl (C=O) groups is 2. The molecule has 116 valence electrons. The second kappa shape index (κ2) is 7.07. The third kappa shape index (κ3) is 5.49. The van der Waals surface area contributed by atoms with Crippen LogP contribution in [0.5, 0.6) is 0 Å². The number of amides is 1. The van der Waals surface area contributed by atoms with Gasteiger partial charge in [0, 0.05) is 32.6 Å². The minimum atomic E-state index is -0.800. The van der Waals surface area contributed by atoms with Gasteiger partial charge < -0.3 is 10.0 Å². The minimum absolute atomic E-state index is 0.0699. The largest absolute Gasteiger partial charge is 0.480 e. The summed E-state index contributed by atoms with van der Waals surface area (Å²) in [4.78, 5) is 26.9. The van der Waals surface area contributed by atoms with E-state index in [-0.39, 0.29) is 17.9 Å². The topological polar surface area (TPSA) is 60.9 Å². The summed E-state index contributed by atoms with van der Waals surface area (Å²) in [6, 6.07) is 0. The van der Waals surface area contributed by atoms with Crippen molar-refractivity contribution >= 4 is 11.9 Å². The summed E-state index contributed by atoms with van der Waals surface area (Å²) in [6.07, 6.45) is 1.42. The first kappa shape index (κ1) is 17.0. The van der Waals surface area contributed by atoms with Crippen molar-refractivity contribution in [3.63, 3.8) is 0 Å². The van der Waals surface area contributed by atoms with Gasteiger partial charge in [0.2, 0.25) is 5.91 Å². The van der Waals surface area contributed by atoms with Gasteiger partial charge >= 0.3 is 5.97 Å². The highest BCUT2D eigenvalue weighted by Crippen LogP contribution is 2.28. The van der Waals surface area contributed by atoms with E-state index >= 15 is 0 Å². The number of carboxylic acid groups (broad SMARTS) is 1. The summed E-state index contributed by atoms with van der Waals surface area (Å²) in [7, 11) is 0. The van der Waals surface area contributed by atoms with Gasteiger partial charge in [0.15, 0.2) is 0 Å². The Morgan fingerprint density at radius 3 is 2.35 bits per heavy atom. The maximum Gasteiger partial charge on any atom is 0.317 e. The molecule has 0 aliphatic carbocycles. The molecule has 0 radical (unpaired) electrons. The number of hydrogen-bond donors (Lipinski definition) is 1. The predicted octanol–water partition coefficient (Wildman–Crippen LogP) is 1.68. The molecule has 1 atom stereocenters. The SMILES string of the molecule is CC(CC(=O)N1CCCN(CC(=O)O)CC1)C(C)(C)C. The van der Waals surface area contributed by atoms with Gasteiger partial charge in [-0.3, -0.25) is 14.5 Å². The van der Waals surface area contributed by atoms with E-state index in [2.05, 4.69) is 27.7 Å². The Morgan fingerprint density at radius 1 is 1.15 bits per heavy atom. The lowest BCUT2D eigenvalue weighted by molar-refractivity contribution is -0.138. The summed E-state index contributed by atoms with van der Waals surface area (Å²) in [5, 5.41) is 8.82. The van der Waals surface area contributed by atoms with Crippen LogP contribution in [0.3, 0.4) is 0 Å². The van der Waals surface area contributed by atoms with Crippen LogP contribution in [0.25, 0.3) is 0 Å². The fourth-order valence-electron chi connectivity index (χ4n) is 2.27. The zero-order valence-electron chi connectivity index (χ0n) is 13.2. The van der Waals surface area contributed by atoms with E-state index in [1.165, 1.54) is 0 Å². The Balaban J connectivity index is 2.48. The van der Waals surface area contributed by atoms with E-state index in [9.17, 15) is 9.59 Å². The number of aliphatic carboxylic acids is 1. The van der Waals surface area contributed by atoms with Crippen molar-refractivity contribution in [1.29, 1.82) is 0 Å². The molecule has 1 N–H and O–H groups in total. The molecule has 0 spiro atoms. The summed E-state index contributed by atoms with van der Waals surface area (Å²) < 4.78 is 0. The molecule has 5 nitrogen and oxygen atoms in total. The quantitative estimate of drug-likeness (QED) is 0.853. The van der Waals surface area contributed by atoms with Gasteiger partial charge in [-0.25, -0.2) is 0 Å². The number of carbonyl (C=O) groups excluding carboxylic acids is 1. The molecule has 0 aromatic rings. The third-order valence-electron chi connectivity index (χ3n) is 4.26. The maximum absolute atomic E-state index is 12.3. The molecule has 1 fully saturated rings. The number of carboxylic acids is 1. The fraction of sp³-hybridized carbons (Fsp3) is 0.867. The van der Waals surface area contributed by atoms with Crippen LogP contribution >= 0.6 is 0 Å². The molecule has 20 heavy (non-hydrogen) atoms. The van der Waals surface area contributed by atoms with Gasteiger partial charge in [-0.1, -0.05) is 27.7 Å². The second-order valence-electron chi connectivity index (χ2n) is 6.88. The van der Waals surface area contributed by atoms with Crippen molar-refractivity contribution in [3.8, 4) is 0 Å². The van der Waals surface area contributed by atoms with Gasteiger partial charge in [-0.05, 0) is 17.8 Å². The molecular weight excluding hydrogens is 256 g/mol. The zero-order chi connectivity index (χ0) is 15.3.